The fourth-order valence-electron chi connectivity index (χ4n) is 13.0. The average molecular weight is 1210 g/mol. The zero-order chi connectivity index (χ0) is 62.6. The highest BCUT2D eigenvalue weighted by Gasteiger charge is 2.87. The van der Waals surface area contributed by atoms with Crippen molar-refractivity contribution in [2.75, 3.05) is 0 Å². The third-order valence-corrected chi connectivity index (χ3v) is 21.4. The van der Waals surface area contributed by atoms with Crippen molar-refractivity contribution in [3.05, 3.63) is 320 Å². The molecule has 434 valence electrons. The summed E-state index contributed by atoms with van der Waals surface area (Å²) in [6, 6.07) is 77.6. The Kier molecular flexibility index (Phi) is 15.4. The van der Waals surface area contributed by atoms with Gasteiger partial charge in [0.1, 0.15) is 35.4 Å². The smallest absolute Gasteiger partial charge is 0.199 e. The van der Waals surface area contributed by atoms with Crippen LogP contribution in [0.15, 0.2) is 253 Å². The normalized spacial score (nSPS) is 21.1. The van der Waals surface area contributed by atoms with Crippen LogP contribution in [0.5, 0.6) is 0 Å². The van der Waals surface area contributed by atoms with E-state index < -0.39 is 44.7 Å². The Hall–Kier alpha value is -9.82. The maximum absolute atomic E-state index is 16.8. The summed E-state index contributed by atoms with van der Waals surface area (Å²) >= 11 is 2.49. The van der Waals surface area contributed by atoms with Crippen molar-refractivity contribution in [3.63, 3.8) is 0 Å². The molecular weight excluding hydrogens is 1160 g/mol. The summed E-state index contributed by atoms with van der Waals surface area (Å²) in [7, 11) is 0. The Morgan fingerprint density at radius 2 is 0.697 bits per heavy atom. The molecule has 4 nitrogen and oxygen atoms in total. The van der Waals surface area contributed by atoms with Crippen LogP contribution in [0.25, 0.3) is 43.2 Å². The Morgan fingerprint density at radius 1 is 0.393 bits per heavy atom. The highest BCUT2D eigenvalue weighted by atomic mass is 32.2. The third kappa shape index (κ3) is 9.80. The number of halogens is 6. The van der Waals surface area contributed by atoms with Crippen LogP contribution in [-0.4, -0.2) is 27.3 Å². The molecule has 0 amide bonds. The fraction of sp³-hybridized carbons (Fsp3) is 0.143. The second kappa shape index (κ2) is 23.0. The molecule has 0 aromatic heterocycles. The average Bonchev–Trinajstić information content (AvgIpc) is 1.49. The van der Waals surface area contributed by atoms with Gasteiger partial charge in [-0.05, 0) is 140 Å². The summed E-state index contributed by atoms with van der Waals surface area (Å²) in [6.07, 6.45) is 2.97. The molecule has 2 aliphatic carbocycles. The molecule has 1 saturated carbocycles. The third-order valence-electron chi connectivity index (χ3n) is 17.9. The molecule has 4 unspecified atom stereocenters. The standard InChI is InChI=1S/C77H52F6N4S2/c1-47(61(43-84)44-85)49-25-33-57(34-26-49)67(53-17-9-5-10-18-53)69(55-21-13-7-14-22-55)59-37-29-51(30-38-59)65-41-63-71-72(76(80,81)77(82,83)75(71,78)79)64-42-66(89-74(64,4)73(63,3)88-65)52-31-39-60(40-32-52)70(56-23-15-8-16-24-56)68(54-19-11-6-12-20-54)58-35-27-50(28-36-58)48(2)62(45-86)46-87/h5-42,63,71H,1-4H3/b69-67+,70-68+. The van der Waals surface area contributed by atoms with Gasteiger partial charge in [0.25, 0.3) is 0 Å². The van der Waals surface area contributed by atoms with Gasteiger partial charge in [0, 0.05) is 26.0 Å². The first-order chi connectivity index (χ1) is 42.8. The van der Waals surface area contributed by atoms with Gasteiger partial charge in [-0.2, -0.15) is 47.4 Å². The molecule has 12 rings (SSSR count). The van der Waals surface area contributed by atoms with Gasteiger partial charge in [-0.1, -0.05) is 224 Å². The molecule has 2 aliphatic heterocycles. The summed E-state index contributed by atoms with van der Waals surface area (Å²) in [6.45, 7) is 6.94. The fourth-order valence-corrected chi connectivity index (χ4v) is 16.3. The Balaban J connectivity index is 0.940. The van der Waals surface area contributed by atoms with Crippen LogP contribution in [0.2, 0.25) is 0 Å². The van der Waals surface area contributed by atoms with Crippen LogP contribution in [-0.2, 0) is 0 Å². The van der Waals surface area contributed by atoms with E-state index >= 15 is 26.3 Å². The van der Waals surface area contributed by atoms with Gasteiger partial charge in [-0.25, -0.2) is 0 Å². The summed E-state index contributed by atoms with van der Waals surface area (Å²) < 4.78 is 96.5. The van der Waals surface area contributed by atoms with Gasteiger partial charge in [-0.3, -0.25) is 0 Å². The number of benzene rings is 8. The number of fused-ring (bicyclic) bond motifs is 5. The molecule has 4 aliphatic rings. The molecule has 4 atom stereocenters. The molecule has 1 fully saturated rings. The van der Waals surface area contributed by atoms with Crippen molar-refractivity contribution < 1.29 is 26.3 Å². The van der Waals surface area contributed by atoms with Crippen LogP contribution in [0, 0.1) is 57.2 Å². The van der Waals surface area contributed by atoms with Gasteiger partial charge in [0.05, 0.1) is 10.7 Å². The second-order valence-electron chi connectivity index (χ2n) is 22.7. The summed E-state index contributed by atoms with van der Waals surface area (Å²) in [5.41, 5.74) is 12.6. The molecule has 0 radical (unpaired) electrons. The minimum atomic E-state index is -5.68. The molecule has 8 aromatic rings. The van der Waals surface area contributed by atoms with Gasteiger partial charge >= 0.3 is 17.8 Å². The Bertz CT molecular complexity index is 4530. The van der Waals surface area contributed by atoms with E-state index in [1.165, 1.54) is 35.7 Å². The topological polar surface area (TPSA) is 95.2 Å². The predicted octanol–water partition coefficient (Wildman–Crippen LogP) is 20.2. The lowest BCUT2D eigenvalue weighted by Gasteiger charge is -2.52. The molecule has 0 bridgehead atoms. The van der Waals surface area contributed by atoms with Crippen molar-refractivity contribution in [2.24, 2.45) is 11.8 Å². The largest absolute Gasteiger partial charge is 0.376 e. The van der Waals surface area contributed by atoms with E-state index in [0.717, 1.165) is 66.8 Å². The number of allylic oxidation sites excluding steroid dienone is 7. The van der Waals surface area contributed by atoms with Crippen LogP contribution in [0.1, 0.15) is 94.5 Å². The first kappa shape index (κ1) is 59.5. The van der Waals surface area contributed by atoms with Crippen molar-refractivity contribution in [1.82, 2.24) is 0 Å². The van der Waals surface area contributed by atoms with E-state index in [1.54, 1.807) is 27.7 Å². The molecule has 8 aromatic carbocycles. The summed E-state index contributed by atoms with van der Waals surface area (Å²) in [5.74, 6) is -19.9. The number of rotatable bonds is 12. The van der Waals surface area contributed by atoms with Crippen LogP contribution in [0.3, 0.4) is 0 Å². The van der Waals surface area contributed by atoms with Crippen LogP contribution >= 0.6 is 23.5 Å². The van der Waals surface area contributed by atoms with Crippen molar-refractivity contribution >= 4 is 66.8 Å². The van der Waals surface area contributed by atoms with E-state index in [2.05, 4.69) is 0 Å². The maximum atomic E-state index is 16.8. The number of hydrogen-bond donors (Lipinski definition) is 0. The van der Waals surface area contributed by atoms with E-state index in [4.69, 9.17) is 0 Å². The Labute approximate surface area is 521 Å². The summed E-state index contributed by atoms with van der Waals surface area (Å²) in [4.78, 5) is 0.978. The van der Waals surface area contributed by atoms with E-state index in [1.807, 2.05) is 243 Å². The van der Waals surface area contributed by atoms with Crippen molar-refractivity contribution in [3.8, 4) is 24.3 Å². The van der Waals surface area contributed by atoms with Crippen LogP contribution < -0.4 is 0 Å². The Morgan fingerprint density at radius 3 is 1.03 bits per heavy atom. The van der Waals surface area contributed by atoms with Crippen LogP contribution in [0.4, 0.5) is 26.3 Å². The van der Waals surface area contributed by atoms with Gasteiger partial charge < -0.3 is 0 Å². The first-order valence-electron chi connectivity index (χ1n) is 28.7. The molecule has 0 spiro atoms. The highest BCUT2D eigenvalue weighted by molar-refractivity contribution is 8.14. The number of nitrogens with zero attached hydrogens (tertiary/aromatic N) is 4. The predicted molar refractivity (Wildman–Crippen MR) is 346 cm³/mol. The molecule has 0 saturated heterocycles. The van der Waals surface area contributed by atoms with Gasteiger partial charge in [0.2, 0.25) is 0 Å². The minimum Gasteiger partial charge on any atom is -0.199 e. The minimum absolute atomic E-state index is 0.0108. The van der Waals surface area contributed by atoms with E-state index in [-0.39, 0.29) is 16.7 Å². The maximum Gasteiger partial charge on any atom is 0.376 e. The van der Waals surface area contributed by atoms with Gasteiger partial charge in [0.15, 0.2) is 0 Å². The molecule has 2 heterocycles. The second-order valence-corrected chi connectivity index (χ2v) is 25.7. The van der Waals surface area contributed by atoms with E-state index in [9.17, 15) is 21.0 Å². The molecular formula is C77H52F6N4S2. The number of nitriles is 4. The molecule has 0 N–H and O–H groups in total. The quantitative estimate of drug-likeness (QED) is 0.0687. The number of alkyl halides is 6. The van der Waals surface area contributed by atoms with Crippen molar-refractivity contribution in [2.45, 2.75) is 55.0 Å². The zero-order valence-electron chi connectivity index (χ0n) is 48.5. The first-order valence-corrected chi connectivity index (χ1v) is 30.3. The monoisotopic (exact) mass is 1210 g/mol. The summed E-state index contributed by atoms with van der Waals surface area (Å²) in [5, 5.41) is 38.5. The molecule has 12 heteroatoms. The van der Waals surface area contributed by atoms with E-state index in [0.29, 0.717) is 43.2 Å². The SMILES string of the molecule is CC(=C(C#N)C#N)c1ccc(/C(=C(\c2ccccc2)c2ccc(C3=CC4=C5C(C6C=C(c7ccc(/C(=C(\c8ccccc8)c8ccc(C(C)=C(C#N)C#N)cc8)c8ccccc8)cc7)SC6(C)C4(C)S3)C(F)(F)C(F)(F)C5(F)F)cc2)c2ccccc2)cc1. The number of thioether (sulfide) groups is 2. The zero-order valence-corrected chi connectivity index (χ0v) is 50.1. The van der Waals surface area contributed by atoms with Crippen molar-refractivity contribution in [1.29, 1.82) is 21.0 Å². The lowest BCUT2D eigenvalue weighted by Crippen LogP contribution is -2.56. The highest BCUT2D eigenvalue weighted by Crippen LogP contribution is 2.77. The lowest BCUT2D eigenvalue weighted by atomic mass is 9.63. The molecule has 89 heavy (non-hydrogen) atoms. The number of hydrogen-bond acceptors (Lipinski definition) is 6. The lowest BCUT2D eigenvalue weighted by molar-refractivity contribution is -0.275. The van der Waals surface area contributed by atoms with Gasteiger partial charge in [-0.15, -0.1) is 23.5 Å².